The average molecular weight is 308 g/mol. The highest BCUT2D eigenvalue weighted by Crippen LogP contribution is 2.24. The molecule has 4 nitrogen and oxygen atoms in total. The van der Waals surface area contributed by atoms with E-state index in [4.69, 9.17) is 0 Å². The van der Waals surface area contributed by atoms with Gasteiger partial charge in [0.05, 0.1) is 11.4 Å². The Labute approximate surface area is 124 Å². The molecule has 0 aliphatic rings. The van der Waals surface area contributed by atoms with E-state index in [0.717, 1.165) is 0 Å². The van der Waals surface area contributed by atoms with Crippen LogP contribution in [0.4, 0.5) is 15.8 Å². The maximum atomic E-state index is 13.5. The first-order valence-electron chi connectivity index (χ1n) is 6.56. The molecule has 112 valence electrons. The maximum absolute atomic E-state index is 13.5. The van der Waals surface area contributed by atoms with Gasteiger partial charge in [0.15, 0.2) is 0 Å². The summed E-state index contributed by atoms with van der Waals surface area (Å²) in [4.78, 5) is 0.132. The van der Waals surface area contributed by atoms with Crippen LogP contribution in [0, 0.1) is 12.7 Å². The van der Waals surface area contributed by atoms with Crippen LogP contribution in [-0.4, -0.2) is 15.0 Å². The Bertz CT molecular complexity index is 745. The summed E-state index contributed by atoms with van der Waals surface area (Å²) in [5.74, 6) is -0.449. The van der Waals surface area contributed by atoms with Crippen molar-refractivity contribution in [2.75, 3.05) is 16.6 Å². The number of anilines is 2. The van der Waals surface area contributed by atoms with Crippen molar-refractivity contribution < 1.29 is 12.8 Å². The minimum absolute atomic E-state index is 0.132. The van der Waals surface area contributed by atoms with E-state index in [1.165, 1.54) is 24.3 Å². The van der Waals surface area contributed by atoms with Crippen molar-refractivity contribution in [1.82, 2.24) is 0 Å². The monoisotopic (exact) mass is 308 g/mol. The predicted molar refractivity (Wildman–Crippen MR) is 82.6 cm³/mol. The normalized spacial score (nSPS) is 11.2. The van der Waals surface area contributed by atoms with E-state index in [-0.39, 0.29) is 10.6 Å². The maximum Gasteiger partial charge on any atom is 0.263 e. The molecule has 21 heavy (non-hydrogen) atoms. The summed E-state index contributed by atoms with van der Waals surface area (Å²) >= 11 is 0. The number of hydrogen-bond donors (Lipinski definition) is 2. The first-order valence-corrected chi connectivity index (χ1v) is 8.04. The fraction of sp³-hybridized carbons (Fsp3) is 0.200. The van der Waals surface area contributed by atoms with Crippen molar-refractivity contribution in [2.24, 2.45) is 0 Å². The first kappa shape index (κ1) is 15.3. The summed E-state index contributed by atoms with van der Waals surface area (Å²) < 4.78 is 40.7. The van der Waals surface area contributed by atoms with Gasteiger partial charge in [-0.3, -0.25) is 4.72 Å². The summed E-state index contributed by atoms with van der Waals surface area (Å²) in [5, 5.41) is 3.00. The third-order valence-electron chi connectivity index (χ3n) is 2.97. The van der Waals surface area contributed by atoms with E-state index in [0.29, 0.717) is 17.8 Å². The summed E-state index contributed by atoms with van der Waals surface area (Å²) in [6.45, 7) is 4.10. The summed E-state index contributed by atoms with van der Waals surface area (Å²) in [6, 6.07) is 10.8. The van der Waals surface area contributed by atoms with Gasteiger partial charge in [-0.1, -0.05) is 18.2 Å². The van der Waals surface area contributed by atoms with Gasteiger partial charge in [-0.15, -0.1) is 0 Å². The van der Waals surface area contributed by atoms with Crippen molar-refractivity contribution >= 4 is 21.4 Å². The van der Waals surface area contributed by atoms with Crippen LogP contribution in [0.1, 0.15) is 12.5 Å². The van der Waals surface area contributed by atoms with Gasteiger partial charge in [0.1, 0.15) is 10.7 Å². The predicted octanol–water partition coefficient (Wildman–Crippen LogP) is 3.37. The Morgan fingerprint density at radius 3 is 2.52 bits per heavy atom. The quantitative estimate of drug-likeness (QED) is 0.890. The lowest BCUT2D eigenvalue weighted by atomic mass is 10.2. The Kier molecular flexibility index (Phi) is 4.47. The minimum atomic E-state index is -3.77. The SMILES string of the molecule is CCNc1ccccc1S(=O)(=O)Nc1ccc(C)c(F)c1. The smallest absolute Gasteiger partial charge is 0.263 e. The number of halogens is 1. The summed E-state index contributed by atoms with van der Waals surface area (Å²) in [5.41, 5.74) is 1.18. The van der Waals surface area contributed by atoms with Crippen LogP contribution in [0.5, 0.6) is 0 Å². The van der Waals surface area contributed by atoms with E-state index >= 15 is 0 Å². The molecule has 0 saturated heterocycles. The van der Waals surface area contributed by atoms with E-state index in [9.17, 15) is 12.8 Å². The molecule has 0 atom stereocenters. The van der Waals surface area contributed by atoms with Gasteiger partial charge in [0.2, 0.25) is 0 Å². The van der Waals surface area contributed by atoms with E-state index in [2.05, 4.69) is 10.0 Å². The highest BCUT2D eigenvalue weighted by atomic mass is 32.2. The topological polar surface area (TPSA) is 58.2 Å². The summed E-state index contributed by atoms with van der Waals surface area (Å²) in [7, 11) is -3.77. The second-order valence-corrected chi connectivity index (χ2v) is 6.25. The molecule has 0 aromatic heterocycles. The number of para-hydroxylation sites is 1. The zero-order chi connectivity index (χ0) is 15.5. The van der Waals surface area contributed by atoms with Gasteiger partial charge in [-0.05, 0) is 43.7 Å². The van der Waals surface area contributed by atoms with Gasteiger partial charge in [0.25, 0.3) is 10.0 Å². The van der Waals surface area contributed by atoms with E-state index < -0.39 is 15.8 Å². The number of hydrogen-bond acceptors (Lipinski definition) is 3. The molecule has 0 radical (unpaired) electrons. The van der Waals surface area contributed by atoms with Crippen LogP contribution < -0.4 is 10.0 Å². The highest BCUT2D eigenvalue weighted by molar-refractivity contribution is 7.92. The van der Waals surface area contributed by atoms with E-state index in [1.807, 2.05) is 6.92 Å². The number of sulfonamides is 1. The fourth-order valence-electron chi connectivity index (χ4n) is 1.90. The van der Waals surface area contributed by atoms with E-state index in [1.54, 1.807) is 25.1 Å². The van der Waals surface area contributed by atoms with Crippen LogP contribution >= 0.6 is 0 Å². The second-order valence-electron chi connectivity index (χ2n) is 4.60. The lowest BCUT2D eigenvalue weighted by Crippen LogP contribution is -2.15. The molecule has 0 aliphatic carbocycles. The van der Waals surface area contributed by atoms with Gasteiger partial charge < -0.3 is 5.32 Å². The van der Waals surface area contributed by atoms with Crippen molar-refractivity contribution in [3.05, 3.63) is 53.8 Å². The van der Waals surface area contributed by atoms with Gasteiger partial charge in [-0.2, -0.15) is 0 Å². The molecule has 0 bridgehead atoms. The van der Waals surface area contributed by atoms with Crippen molar-refractivity contribution in [2.45, 2.75) is 18.7 Å². The molecule has 6 heteroatoms. The zero-order valence-electron chi connectivity index (χ0n) is 11.9. The molecule has 0 amide bonds. The van der Waals surface area contributed by atoms with Gasteiger partial charge in [0, 0.05) is 6.54 Å². The van der Waals surface area contributed by atoms with Crippen molar-refractivity contribution in [3.63, 3.8) is 0 Å². The lowest BCUT2D eigenvalue weighted by Gasteiger charge is -2.13. The van der Waals surface area contributed by atoms with Crippen LogP contribution in [0.15, 0.2) is 47.4 Å². The molecule has 0 unspecified atom stereocenters. The Hall–Kier alpha value is -2.08. The third kappa shape index (κ3) is 3.52. The molecule has 0 fully saturated rings. The molecule has 2 aromatic carbocycles. The zero-order valence-corrected chi connectivity index (χ0v) is 12.7. The Morgan fingerprint density at radius 2 is 1.86 bits per heavy atom. The first-order chi connectivity index (χ1) is 9.94. The molecule has 0 spiro atoms. The average Bonchev–Trinajstić information content (AvgIpc) is 2.43. The molecule has 0 saturated carbocycles. The number of aryl methyl sites for hydroxylation is 1. The molecule has 2 rings (SSSR count). The van der Waals surface area contributed by atoms with Gasteiger partial charge in [-0.25, -0.2) is 12.8 Å². The van der Waals surface area contributed by atoms with Crippen LogP contribution in [0.25, 0.3) is 0 Å². The summed E-state index contributed by atoms with van der Waals surface area (Å²) in [6.07, 6.45) is 0. The number of benzene rings is 2. The molecule has 2 aromatic rings. The molecule has 0 aliphatic heterocycles. The standard InChI is InChI=1S/C15H17FN2O2S/c1-3-17-14-6-4-5-7-15(14)21(19,20)18-12-9-8-11(2)13(16)10-12/h4-10,17-18H,3H2,1-2H3. The molecule has 2 N–H and O–H groups in total. The van der Waals surface area contributed by atoms with Crippen LogP contribution in [0.2, 0.25) is 0 Å². The number of rotatable bonds is 5. The Morgan fingerprint density at radius 1 is 1.14 bits per heavy atom. The third-order valence-corrected chi connectivity index (χ3v) is 4.41. The van der Waals surface area contributed by atoms with Crippen LogP contribution in [0.3, 0.4) is 0 Å². The second kappa shape index (κ2) is 6.13. The fourth-order valence-corrected chi connectivity index (χ4v) is 3.14. The van der Waals surface area contributed by atoms with Crippen molar-refractivity contribution in [1.29, 1.82) is 0 Å². The molecule has 0 heterocycles. The highest BCUT2D eigenvalue weighted by Gasteiger charge is 2.18. The number of nitrogens with one attached hydrogen (secondary N) is 2. The molecular weight excluding hydrogens is 291 g/mol. The van der Waals surface area contributed by atoms with Gasteiger partial charge >= 0.3 is 0 Å². The van der Waals surface area contributed by atoms with Crippen molar-refractivity contribution in [3.8, 4) is 0 Å². The Balaban J connectivity index is 2.36. The van der Waals surface area contributed by atoms with Crippen LogP contribution in [-0.2, 0) is 10.0 Å². The largest absolute Gasteiger partial charge is 0.384 e. The molecular formula is C15H17FN2O2S. The minimum Gasteiger partial charge on any atom is -0.384 e. The lowest BCUT2D eigenvalue weighted by molar-refractivity contribution is 0.601.